The smallest absolute Gasteiger partial charge is 0.168 e. The van der Waals surface area contributed by atoms with E-state index in [0.717, 1.165) is 34.0 Å². The lowest BCUT2D eigenvalue weighted by Gasteiger charge is -2.45. The normalized spacial score (nSPS) is 33.1. The fourth-order valence-electron chi connectivity index (χ4n) is 4.53. The first-order valence-electron chi connectivity index (χ1n) is 10.3. The third-order valence-corrected chi connectivity index (χ3v) is 8.47. The highest BCUT2D eigenvalue weighted by Gasteiger charge is 2.57. The van der Waals surface area contributed by atoms with Gasteiger partial charge in [0.2, 0.25) is 0 Å². The molecule has 5 rings (SSSR count). The van der Waals surface area contributed by atoms with Crippen LogP contribution in [0.3, 0.4) is 0 Å². The molecule has 1 spiro atoms. The Labute approximate surface area is 184 Å². The number of fused-ring (bicyclic) bond motifs is 2. The average Bonchev–Trinajstić information content (AvgIpc) is 3.54. The highest BCUT2D eigenvalue weighted by atomic mass is 35.5. The summed E-state index contributed by atoms with van der Waals surface area (Å²) in [6.45, 7) is -0.0830. The molecule has 1 saturated carbocycles. The molecule has 160 valence electrons. The Bertz CT molecular complexity index is 945. The van der Waals surface area contributed by atoms with Crippen LogP contribution in [-0.4, -0.2) is 50.6 Å². The van der Waals surface area contributed by atoms with E-state index in [9.17, 15) is 20.4 Å². The molecule has 5 nitrogen and oxygen atoms in total. The highest BCUT2D eigenvalue weighted by molar-refractivity contribution is 8.00. The minimum Gasteiger partial charge on any atom is -0.395 e. The van der Waals surface area contributed by atoms with Gasteiger partial charge in [-0.25, -0.2) is 0 Å². The van der Waals surface area contributed by atoms with Crippen molar-refractivity contribution in [3.63, 3.8) is 0 Å². The monoisotopic (exact) mass is 448 g/mol. The van der Waals surface area contributed by atoms with E-state index in [1.54, 1.807) is 0 Å². The van der Waals surface area contributed by atoms with Gasteiger partial charge in [0.1, 0.15) is 12.2 Å². The molecule has 0 aromatic heterocycles. The topological polar surface area (TPSA) is 90.2 Å². The summed E-state index contributed by atoms with van der Waals surface area (Å²) >= 11 is 7.73. The van der Waals surface area contributed by atoms with E-state index in [1.165, 1.54) is 18.4 Å². The van der Waals surface area contributed by atoms with Crippen LogP contribution in [0.15, 0.2) is 36.4 Å². The van der Waals surface area contributed by atoms with Crippen LogP contribution in [0.2, 0.25) is 5.02 Å². The van der Waals surface area contributed by atoms with Gasteiger partial charge >= 0.3 is 0 Å². The molecule has 1 saturated heterocycles. The Morgan fingerprint density at radius 3 is 2.47 bits per heavy atom. The second kappa shape index (κ2) is 7.78. The van der Waals surface area contributed by atoms with E-state index in [2.05, 4.69) is 24.3 Å². The number of benzene rings is 2. The van der Waals surface area contributed by atoms with E-state index in [1.807, 2.05) is 12.1 Å². The van der Waals surface area contributed by atoms with E-state index < -0.39 is 28.5 Å². The number of ether oxygens (including phenoxy) is 1. The van der Waals surface area contributed by atoms with Gasteiger partial charge in [0.15, 0.2) is 4.93 Å². The predicted octanol–water partition coefficient (Wildman–Crippen LogP) is 2.68. The average molecular weight is 449 g/mol. The summed E-state index contributed by atoms with van der Waals surface area (Å²) in [4.78, 5) is -1.24. The summed E-state index contributed by atoms with van der Waals surface area (Å²) in [5.74, 6) is 0.714. The van der Waals surface area contributed by atoms with Gasteiger partial charge in [-0.2, -0.15) is 0 Å². The summed E-state index contributed by atoms with van der Waals surface area (Å²) in [6, 6.07) is 12.4. The van der Waals surface area contributed by atoms with Crippen molar-refractivity contribution in [2.45, 2.75) is 60.3 Å². The third-order valence-electron chi connectivity index (χ3n) is 6.46. The van der Waals surface area contributed by atoms with Crippen LogP contribution >= 0.6 is 23.4 Å². The van der Waals surface area contributed by atoms with Crippen LogP contribution in [0.1, 0.15) is 46.6 Å². The molecule has 2 heterocycles. The number of hydrogen-bond acceptors (Lipinski definition) is 6. The highest BCUT2D eigenvalue weighted by Crippen LogP contribution is 2.54. The Balaban J connectivity index is 1.48. The van der Waals surface area contributed by atoms with Crippen molar-refractivity contribution in [3.8, 4) is 0 Å². The lowest BCUT2D eigenvalue weighted by molar-refractivity contribution is -0.147. The Morgan fingerprint density at radius 1 is 1.07 bits per heavy atom. The van der Waals surface area contributed by atoms with Crippen LogP contribution in [-0.2, 0) is 22.7 Å². The molecule has 4 N–H and O–H groups in total. The first-order valence-corrected chi connectivity index (χ1v) is 11.6. The summed E-state index contributed by atoms with van der Waals surface area (Å²) in [5.41, 5.74) is 5.04. The van der Waals surface area contributed by atoms with Gasteiger partial charge in [-0.15, -0.1) is 11.8 Å². The molecule has 2 aliphatic heterocycles. The van der Waals surface area contributed by atoms with Crippen molar-refractivity contribution in [3.05, 3.63) is 69.2 Å². The number of hydrogen-bond donors (Lipinski definition) is 4. The van der Waals surface area contributed by atoms with Gasteiger partial charge in [-0.3, -0.25) is 0 Å². The zero-order valence-corrected chi connectivity index (χ0v) is 17.9. The molecule has 0 amide bonds. The Morgan fingerprint density at radius 2 is 1.80 bits per heavy atom. The van der Waals surface area contributed by atoms with Crippen LogP contribution in [0, 0.1) is 0 Å². The first kappa shape index (κ1) is 20.8. The molecule has 7 heteroatoms. The third kappa shape index (κ3) is 3.39. The summed E-state index contributed by atoms with van der Waals surface area (Å²) < 4.78 is 6.00. The number of thioether (sulfide) groups is 1. The standard InChI is InChI=1S/C23H25ClO5S/c24-18-9-16-11-29-23(22(28)21(27)20(26)19(10-25)30-23)17(16)8-15(18)7-12-1-3-13(4-2-12)14-5-6-14/h1-4,8-9,14,19-22,25-28H,5-7,10-11H2/t19-,20-,21+,22-,23+/m1/s1. The number of rotatable bonds is 4. The first-order chi connectivity index (χ1) is 14.4. The molecule has 0 bridgehead atoms. The fourth-order valence-corrected chi connectivity index (χ4v) is 6.33. The van der Waals surface area contributed by atoms with Crippen molar-refractivity contribution in [2.24, 2.45) is 0 Å². The van der Waals surface area contributed by atoms with E-state index in [0.29, 0.717) is 17.4 Å². The fraction of sp³-hybridized carbons (Fsp3) is 0.478. The lowest BCUT2D eigenvalue weighted by Crippen LogP contribution is -2.58. The van der Waals surface area contributed by atoms with Gasteiger partial charge < -0.3 is 25.2 Å². The number of aliphatic hydroxyl groups is 4. The molecule has 2 aromatic rings. The van der Waals surface area contributed by atoms with Crippen molar-refractivity contribution < 1.29 is 25.2 Å². The van der Waals surface area contributed by atoms with Crippen molar-refractivity contribution in [1.29, 1.82) is 0 Å². The molecule has 0 unspecified atom stereocenters. The molecule has 0 radical (unpaired) electrons. The largest absolute Gasteiger partial charge is 0.395 e. The predicted molar refractivity (Wildman–Crippen MR) is 116 cm³/mol. The van der Waals surface area contributed by atoms with Gasteiger partial charge in [-0.05, 0) is 59.6 Å². The summed E-state index contributed by atoms with van der Waals surface area (Å²) in [7, 11) is 0. The van der Waals surface area contributed by atoms with Gasteiger partial charge in [-0.1, -0.05) is 35.9 Å². The molecule has 2 aromatic carbocycles. The maximum atomic E-state index is 10.8. The van der Waals surface area contributed by atoms with Crippen LogP contribution in [0.4, 0.5) is 0 Å². The molecule has 3 aliphatic rings. The van der Waals surface area contributed by atoms with E-state index in [-0.39, 0.29) is 13.2 Å². The zero-order chi connectivity index (χ0) is 21.0. The molecule has 1 aliphatic carbocycles. The quantitative estimate of drug-likeness (QED) is 0.575. The van der Waals surface area contributed by atoms with Gasteiger partial charge in [0.05, 0.1) is 24.6 Å². The van der Waals surface area contributed by atoms with E-state index >= 15 is 0 Å². The molecule has 5 atom stereocenters. The minimum atomic E-state index is -1.41. The van der Waals surface area contributed by atoms with Crippen LogP contribution in [0.5, 0.6) is 0 Å². The van der Waals surface area contributed by atoms with Crippen molar-refractivity contribution in [1.82, 2.24) is 0 Å². The minimum absolute atomic E-state index is 0.246. The molecular formula is C23H25ClO5S. The summed E-state index contributed by atoms with van der Waals surface area (Å²) in [6.07, 6.45) is -0.787. The Hall–Kier alpha value is -1.12. The second-order valence-electron chi connectivity index (χ2n) is 8.51. The maximum absolute atomic E-state index is 10.8. The van der Waals surface area contributed by atoms with E-state index in [4.69, 9.17) is 16.3 Å². The van der Waals surface area contributed by atoms with Gasteiger partial charge in [0, 0.05) is 10.6 Å². The van der Waals surface area contributed by atoms with Crippen molar-refractivity contribution >= 4 is 23.4 Å². The number of aliphatic hydroxyl groups excluding tert-OH is 4. The SMILES string of the molecule is OC[C@H]1S[C@]2(OCc3cc(Cl)c(Cc4ccc(C5CC5)cc4)cc32)[C@H](O)[C@@H](O)[C@@H]1O. The van der Waals surface area contributed by atoms with Gasteiger partial charge in [0.25, 0.3) is 0 Å². The Kier molecular flexibility index (Phi) is 5.39. The number of halogens is 1. The molecule has 30 heavy (non-hydrogen) atoms. The molecular weight excluding hydrogens is 424 g/mol. The summed E-state index contributed by atoms with van der Waals surface area (Å²) in [5, 5.41) is 41.1. The molecule has 2 fully saturated rings. The van der Waals surface area contributed by atoms with Crippen LogP contribution < -0.4 is 0 Å². The lowest BCUT2D eigenvalue weighted by atomic mass is 9.91. The zero-order valence-electron chi connectivity index (χ0n) is 16.4. The maximum Gasteiger partial charge on any atom is 0.168 e. The van der Waals surface area contributed by atoms with Crippen molar-refractivity contribution in [2.75, 3.05) is 6.61 Å². The van der Waals surface area contributed by atoms with Crippen LogP contribution in [0.25, 0.3) is 0 Å². The second-order valence-corrected chi connectivity index (χ2v) is 10.4.